The number of fused-ring (bicyclic) bond motifs is 8. The van der Waals surface area contributed by atoms with E-state index in [1.165, 1.54) is 55.4 Å². The minimum absolute atomic E-state index is 0.0196. The summed E-state index contributed by atoms with van der Waals surface area (Å²) in [5.74, 6) is 3.17. The van der Waals surface area contributed by atoms with E-state index in [9.17, 15) is 0 Å². The Balaban J connectivity index is 1.43. The summed E-state index contributed by atoms with van der Waals surface area (Å²) in [5, 5.41) is 0. The number of ether oxygens (including phenoxy) is 2. The molecule has 0 atom stereocenters. The predicted octanol–water partition coefficient (Wildman–Crippen LogP) is 9.24. The van der Waals surface area contributed by atoms with Crippen molar-refractivity contribution in [3.05, 3.63) is 101 Å². The van der Waals surface area contributed by atoms with E-state index < -0.39 is 0 Å². The summed E-state index contributed by atoms with van der Waals surface area (Å²) >= 11 is 0. The van der Waals surface area contributed by atoms with E-state index in [1.807, 2.05) is 0 Å². The number of aromatic nitrogens is 2. The molecule has 0 amide bonds. The smallest absolute Gasteiger partial charge is 0.265 e. The highest BCUT2D eigenvalue weighted by atomic mass is 16.5. The Bertz CT molecular complexity index is 2030. The Hall–Kier alpha value is -4.38. The van der Waals surface area contributed by atoms with Gasteiger partial charge in [0.05, 0.1) is 5.46 Å². The molecule has 0 saturated heterocycles. The van der Waals surface area contributed by atoms with Gasteiger partial charge in [0.1, 0.15) is 17.8 Å². The van der Waals surface area contributed by atoms with Gasteiger partial charge in [-0.1, -0.05) is 128 Å². The first-order chi connectivity index (χ1) is 23.3. The lowest BCUT2D eigenvalue weighted by Gasteiger charge is -2.47. The molecule has 0 bridgehead atoms. The summed E-state index contributed by atoms with van der Waals surface area (Å²) in [6.07, 6.45) is 6.02. The maximum absolute atomic E-state index is 7.03. The standard InChI is InChI=1S/C44H45BN2O2/c1-41(2)19-21-43(5,6)34-32(41)28(26-15-11-9-12-16-26)23-30-37(34)48-39-36-40(47-25-46-39)49-38-31(45(30)36)24-29(27-17-13-10-14-18-27)33-35(38)44(7,8)22-20-42(33,3)4/h9-18,23-25H,19-22H2,1-8H3. The molecule has 0 radical (unpaired) electrons. The molecule has 2 aliphatic heterocycles. The molecular formula is C44H45BN2O2. The van der Waals surface area contributed by atoms with Crippen LogP contribution in [0.2, 0.25) is 0 Å². The third kappa shape index (κ3) is 4.36. The molecule has 0 unspecified atom stereocenters. The Morgan fingerprint density at radius 1 is 0.510 bits per heavy atom. The number of rotatable bonds is 2. The average molecular weight is 645 g/mol. The predicted molar refractivity (Wildman–Crippen MR) is 201 cm³/mol. The summed E-state index contributed by atoms with van der Waals surface area (Å²) in [4.78, 5) is 9.61. The maximum Gasteiger partial charge on any atom is 0.265 e. The zero-order valence-corrected chi connectivity index (χ0v) is 30.1. The molecule has 246 valence electrons. The maximum atomic E-state index is 7.03. The molecule has 4 aromatic carbocycles. The summed E-state index contributed by atoms with van der Waals surface area (Å²) in [7, 11) is 0. The van der Waals surface area contributed by atoms with Crippen LogP contribution in [0.4, 0.5) is 0 Å². The topological polar surface area (TPSA) is 44.2 Å². The molecule has 3 heterocycles. The van der Waals surface area contributed by atoms with E-state index in [4.69, 9.17) is 19.4 Å². The SMILES string of the molecule is CC1(C)CCC(C)(C)c2c3c(cc(-c4ccccc4)c21)B1c2cc(-c4ccccc4)c4c(c2Oc2ncnc(c21)O3)C(C)(C)CCC4(C)C. The minimum Gasteiger partial charge on any atom is -0.440 e. The van der Waals surface area contributed by atoms with E-state index in [2.05, 4.69) is 128 Å². The van der Waals surface area contributed by atoms with E-state index in [-0.39, 0.29) is 28.4 Å². The zero-order valence-electron chi connectivity index (χ0n) is 30.1. The van der Waals surface area contributed by atoms with Crippen LogP contribution in [0.5, 0.6) is 23.3 Å². The summed E-state index contributed by atoms with van der Waals surface area (Å²) in [6, 6.07) is 26.8. The molecule has 5 aromatic rings. The summed E-state index contributed by atoms with van der Waals surface area (Å²) in [5.41, 5.74) is 13.6. The van der Waals surface area contributed by atoms with Gasteiger partial charge in [-0.3, -0.25) is 0 Å². The lowest BCUT2D eigenvalue weighted by Crippen LogP contribution is -2.59. The van der Waals surface area contributed by atoms with Crippen LogP contribution in [-0.2, 0) is 21.7 Å². The lowest BCUT2D eigenvalue weighted by atomic mass is 9.34. The number of hydrogen-bond donors (Lipinski definition) is 0. The largest absolute Gasteiger partial charge is 0.440 e. The molecule has 0 fully saturated rings. The van der Waals surface area contributed by atoms with Crippen LogP contribution in [0, 0.1) is 0 Å². The average Bonchev–Trinajstić information content (AvgIpc) is 3.08. The van der Waals surface area contributed by atoms with Gasteiger partial charge >= 0.3 is 0 Å². The van der Waals surface area contributed by atoms with Crippen LogP contribution in [0.25, 0.3) is 22.3 Å². The van der Waals surface area contributed by atoms with Crippen molar-refractivity contribution in [1.29, 1.82) is 0 Å². The fourth-order valence-electron chi connectivity index (χ4n) is 9.60. The molecule has 49 heavy (non-hydrogen) atoms. The van der Waals surface area contributed by atoms with Gasteiger partial charge in [-0.15, -0.1) is 0 Å². The van der Waals surface area contributed by atoms with Crippen LogP contribution in [-0.4, -0.2) is 16.7 Å². The van der Waals surface area contributed by atoms with Crippen molar-refractivity contribution < 1.29 is 9.47 Å². The van der Waals surface area contributed by atoms with Crippen molar-refractivity contribution in [1.82, 2.24) is 9.97 Å². The van der Waals surface area contributed by atoms with E-state index >= 15 is 0 Å². The third-order valence-corrected chi connectivity index (χ3v) is 12.4. The Kier molecular flexibility index (Phi) is 6.32. The molecule has 9 rings (SSSR count). The second kappa shape index (κ2) is 10.1. The molecule has 4 nitrogen and oxygen atoms in total. The molecule has 5 heteroatoms. The van der Waals surface area contributed by atoms with Gasteiger partial charge < -0.3 is 9.47 Å². The van der Waals surface area contributed by atoms with Gasteiger partial charge in [0.25, 0.3) is 6.71 Å². The minimum atomic E-state index is -0.138. The normalized spacial score (nSPS) is 19.6. The molecule has 2 aliphatic carbocycles. The van der Waals surface area contributed by atoms with E-state index in [1.54, 1.807) is 6.33 Å². The molecule has 4 aliphatic rings. The van der Waals surface area contributed by atoms with Crippen molar-refractivity contribution in [3.63, 3.8) is 0 Å². The third-order valence-electron chi connectivity index (χ3n) is 12.4. The Morgan fingerprint density at radius 2 is 0.878 bits per heavy atom. The second-order valence-electron chi connectivity index (χ2n) is 17.5. The van der Waals surface area contributed by atoms with Crippen molar-refractivity contribution in [2.75, 3.05) is 0 Å². The van der Waals surface area contributed by atoms with Crippen LogP contribution in [0.3, 0.4) is 0 Å². The van der Waals surface area contributed by atoms with Crippen molar-refractivity contribution >= 4 is 23.1 Å². The van der Waals surface area contributed by atoms with Gasteiger partial charge in [-0.05, 0) is 91.6 Å². The monoisotopic (exact) mass is 644 g/mol. The second-order valence-corrected chi connectivity index (χ2v) is 17.5. The number of hydrogen-bond acceptors (Lipinski definition) is 4. The highest BCUT2D eigenvalue weighted by molar-refractivity contribution is 6.98. The Morgan fingerprint density at radius 3 is 1.27 bits per heavy atom. The highest BCUT2D eigenvalue weighted by Crippen LogP contribution is 2.56. The van der Waals surface area contributed by atoms with Gasteiger partial charge in [0, 0.05) is 11.1 Å². The molecule has 1 aromatic heterocycles. The quantitative estimate of drug-likeness (QED) is 0.176. The van der Waals surface area contributed by atoms with Crippen molar-refractivity contribution in [3.8, 4) is 45.5 Å². The fourth-order valence-corrected chi connectivity index (χ4v) is 9.60. The zero-order chi connectivity index (χ0) is 34.1. The Labute approximate surface area is 291 Å². The van der Waals surface area contributed by atoms with Crippen LogP contribution < -0.4 is 25.9 Å². The van der Waals surface area contributed by atoms with Crippen LogP contribution >= 0.6 is 0 Å². The van der Waals surface area contributed by atoms with E-state index in [0.717, 1.165) is 42.6 Å². The van der Waals surface area contributed by atoms with Gasteiger partial charge in [0.2, 0.25) is 11.8 Å². The number of nitrogens with zero attached hydrogens (tertiary/aromatic N) is 2. The lowest BCUT2D eigenvalue weighted by molar-refractivity contribution is 0.317. The molecule has 0 spiro atoms. The van der Waals surface area contributed by atoms with Crippen LogP contribution in [0.1, 0.15) is 103 Å². The van der Waals surface area contributed by atoms with Crippen molar-refractivity contribution in [2.45, 2.75) is 103 Å². The summed E-state index contributed by atoms with van der Waals surface area (Å²) in [6.45, 7) is 19.1. The molecular weight excluding hydrogens is 599 g/mol. The van der Waals surface area contributed by atoms with E-state index in [0.29, 0.717) is 11.8 Å². The highest BCUT2D eigenvalue weighted by Gasteiger charge is 2.51. The van der Waals surface area contributed by atoms with Gasteiger partial charge in [0.15, 0.2) is 0 Å². The molecule has 0 N–H and O–H groups in total. The summed E-state index contributed by atoms with van der Waals surface area (Å²) < 4.78 is 14.1. The number of benzene rings is 4. The van der Waals surface area contributed by atoms with Crippen LogP contribution in [0.15, 0.2) is 79.1 Å². The fraction of sp³-hybridized carbons (Fsp3) is 0.364. The first-order valence-electron chi connectivity index (χ1n) is 18.0. The first kappa shape index (κ1) is 30.7. The molecule has 0 saturated carbocycles. The van der Waals surface area contributed by atoms with Gasteiger partial charge in [-0.25, -0.2) is 9.97 Å². The first-order valence-corrected chi connectivity index (χ1v) is 18.0. The van der Waals surface area contributed by atoms with Crippen molar-refractivity contribution in [2.24, 2.45) is 0 Å². The van der Waals surface area contributed by atoms with Gasteiger partial charge in [-0.2, -0.15) is 0 Å².